The van der Waals surface area contributed by atoms with Crippen molar-refractivity contribution >= 4 is 27.5 Å². The lowest BCUT2D eigenvalue weighted by Gasteiger charge is -2.26. The van der Waals surface area contributed by atoms with Crippen LogP contribution in [0.4, 0.5) is 0 Å². The fourth-order valence-corrected chi connectivity index (χ4v) is 4.33. The number of benzene rings is 2. The van der Waals surface area contributed by atoms with Gasteiger partial charge in [0.1, 0.15) is 16.0 Å². The predicted octanol–water partition coefficient (Wildman–Crippen LogP) is 6.64. The number of halogens is 2. The highest BCUT2D eigenvalue weighted by Gasteiger charge is 2.23. The molecule has 2 aromatic carbocycles. The molecule has 0 aliphatic rings. The average molecular weight is 551 g/mol. The van der Waals surface area contributed by atoms with Crippen molar-refractivity contribution in [2.24, 2.45) is 0 Å². The van der Waals surface area contributed by atoms with E-state index in [0.717, 1.165) is 0 Å². The zero-order chi connectivity index (χ0) is 24.4. The lowest BCUT2D eigenvalue weighted by atomic mass is 9.78. The molecule has 9 heteroatoms. The molecule has 0 bridgehead atoms. The Morgan fingerprint density at radius 2 is 1.71 bits per heavy atom. The third kappa shape index (κ3) is 4.85. The molecule has 35 heavy (non-hydrogen) atoms. The number of ether oxygens (including phenoxy) is 1. The summed E-state index contributed by atoms with van der Waals surface area (Å²) in [5.41, 5.74) is 2.89. The molecule has 0 amide bonds. The van der Waals surface area contributed by atoms with Gasteiger partial charge in [0.25, 0.3) is 11.8 Å². The summed E-state index contributed by atoms with van der Waals surface area (Å²) in [6.45, 7) is 4.55. The van der Waals surface area contributed by atoms with Crippen LogP contribution < -0.4 is 4.74 Å². The Balaban J connectivity index is 1.30. The van der Waals surface area contributed by atoms with Gasteiger partial charge in [0.05, 0.1) is 5.02 Å². The molecule has 0 saturated carbocycles. The maximum atomic E-state index is 6.30. The Hall–Kier alpha value is -3.49. The van der Waals surface area contributed by atoms with Crippen molar-refractivity contribution in [2.75, 3.05) is 0 Å². The molecule has 0 unspecified atom stereocenters. The van der Waals surface area contributed by atoms with Gasteiger partial charge in [0.15, 0.2) is 12.4 Å². The van der Waals surface area contributed by atoms with Crippen LogP contribution in [0.1, 0.15) is 30.9 Å². The second-order valence-electron chi connectivity index (χ2n) is 8.38. The summed E-state index contributed by atoms with van der Waals surface area (Å²) in [5, 5.41) is 13.1. The van der Waals surface area contributed by atoms with Crippen molar-refractivity contribution < 1.29 is 9.15 Å². The van der Waals surface area contributed by atoms with E-state index in [1.54, 1.807) is 29.1 Å². The van der Waals surface area contributed by atoms with E-state index in [0.29, 0.717) is 32.8 Å². The van der Waals surface area contributed by atoms with Crippen LogP contribution in [0.2, 0.25) is 5.02 Å². The molecule has 0 N–H and O–H groups in total. The monoisotopic (exact) mass is 549 g/mol. The van der Waals surface area contributed by atoms with E-state index in [1.165, 1.54) is 11.1 Å². The molecule has 176 valence electrons. The number of rotatable bonds is 7. The molecule has 0 aliphatic carbocycles. The van der Waals surface area contributed by atoms with Gasteiger partial charge in [-0.3, -0.25) is 0 Å². The molecular formula is C26H21BrClN5O2. The number of pyridine rings is 1. The fraction of sp³-hybridized carbons (Fsp3) is 0.154. The predicted molar refractivity (Wildman–Crippen MR) is 137 cm³/mol. The van der Waals surface area contributed by atoms with E-state index in [9.17, 15) is 0 Å². The van der Waals surface area contributed by atoms with Crippen LogP contribution in [0, 0.1) is 0 Å². The van der Waals surface area contributed by atoms with Gasteiger partial charge in [-0.25, -0.2) is 9.67 Å². The fourth-order valence-electron chi connectivity index (χ4n) is 3.75. The molecule has 0 atom stereocenters. The first kappa shape index (κ1) is 23.3. The van der Waals surface area contributed by atoms with Crippen LogP contribution in [0.15, 0.2) is 88.0 Å². The summed E-state index contributed by atoms with van der Waals surface area (Å²) >= 11 is 9.69. The first-order chi connectivity index (χ1) is 16.9. The van der Waals surface area contributed by atoms with Crippen molar-refractivity contribution in [3.8, 4) is 23.2 Å². The molecule has 7 nitrogen and oxygen atoms in total. The highest BCUT2D eigenvalue weighted by atomic mass is 79.9. The van der Waals surface area contributed by atoms with Gasteiger partial charge in [-0.2, -0.15) is 5.10 Å². The molecule has 0 radical (unpaired) electrons. The molecular weight excluding hydrogens is 530 g/mol. The van der Waals surface area contributed by atoms with E-state index >= 15 is 0 Å². The van der Waals surface area contributed by atoms with E-state index in [1.807, 2.05) is 18.2 Å². The average Bonchev–Trinajstić information content (AvgIpc) is 3.50. The minimum atomic E-state index is -0.116. The summed E-state index contributed by atoms with van der Waals surface area (Å²) in [4.78, 5) is 4.31. The topological polar surface area (TPSA) is 78.9 Å². The standard InChI is InChI=1S/C26H21BrClN5O2/c1-26(2,17-7-4-3-5-8-17)18-10-12-19(13-11-18)34-16-23-30-31-25(35-23)21-15-22(27)32-33(21)24-20(28)9-6-14-29-24/h3-15H,16H2,1-2H3. The second kappa shape index (κ2) is 9.64. The van der Waals surface area contributed by atoms with E-state index < -0.39 is 0 Å². The lowest BCUT2D eigenvalue weighted by Crippen LogP contribution is -2.18. The Kier molecular flexibility index (Phi) is 6.40. The van der Waals surface area contributed by atoms with Crippen molar-refractivity contribution in [3.63, 3.8) is 0 Å². The minimum Gasteiger partial charge on any atom is -0.484 e. The Morgan fingerprint density at radius 1 is 0.971 bits per heavy atom. The molecule has 3 aromatic heterocycles. The highest BCUT2D eigenvalue weighted by Crippen LogP contribution is 2.32. The highest BCUT2D eigenvalue weighted by molar-refractivity contribution is 9.10. The summed E-state index contributed by atoms with van der Waals surface area (Å²) in [7, 11) is 0. The summed E-state index contributed by atoms with van der Waals surface area (Å²) in [5.74, 6) is 1.79. The summed E-state index contributed by atoms with van der Waals surface area (Å²) in [6.07, 6.45) is 1.64. The Morgan fingerprint density at radius 3 is 2.46 bits per heavy atom. The van der Waals surface area contributed by atoms with Crippen LogP contribution in [-0.2, 0) is 12.0 Å². The summed E-state index contributed by atoms with van der Waals surface area (Å²) in [6, 6.07) is 23.7. The van der Waals surface area contributed by atoms with Crippen LogP contribution in [0.25, 0.3) is 17.4 Å². The van der Waals surface area contributed by atoms with E-state index in [4.69, 9.17) is 20.8 Å². The normalized spacial score (nSPS) is 11.5. The SMILES string of the molecule is CC(C)(c1ccccc1)c1ccc(OCc2nnc(-c3cc(Br)nn3-c3ncccc3Cl)o2)cc1. The van der Waals surface area contributed by atoms with Crippen LogP contribution in [0.5, 0.6) is 5.75 Å². The minimum absolute atomic E-state index is 0.116. The van der Waals surface area contributed by atoms with Crippen molar-refractivity contribution in [1.29, 1.82) is 0 Å². The van der Waals surface area contributed by atoms with Gasteiger partial charge in [-0.15, -0.1) is 10.2 Å². The second-order valence-corrected chi connectivity index (χ2v) is 9.60. The van der Waals surface area contributed by atoms with Crippen molar-refractivity contribution in [2.45, 2.75) is 25.9 Å². The van der Waals surface area contributed by atoms with Gasteiger partial charge in [-0.05, 0) is 51.3 Å². The maximum Gasteiger partial charge on any atom is 0.266 e. The van der Waals surface area contributed by atoms with Crippen LogP contribution in [0.3, 0.4) is 0 Å². The number of hydrogen-bond donors (Lipinski definition) is 0. The first-order valence-corrected chi connectivity index (χ1v) is 12.1. The first-order valence-electron chi connectivity index (χ1n) is 10.9. The molecule has 5 rings (SSSR count). The zero-order valence-corrected chi connectivity index (χ0v) is 21.4. The van der Waals surface area contributed by atoms with Gasteiger partial charge in [0, 0.05) is 17.7 Å². The molecule has 0 spiro atoms. The van der Waals surface area contributed by atoms with Crippen LogP contribution >= 0.6 is 27.5 Å². The summed E-state index contributed by atoms with van der Waals surface area (Å²) < 4.78 is 13.9. The smallest absolute Gasteiger partial charge is 0.266 e. The molecule has 0 aliphatic heterocycles. The Labute approximate surface area is 215 Å². The molecule has 3 heterocycles. The zero-order valence-electron chi connectivity index (χ0n) is 19.0. The van der Waals surface area contributed by atoms with Crippen molar-refractivity contribution in [3.05, 3.63) is 106 Å². The third-order valence-corrected chi connectivity index (χ3v) is 6.42. The maximum absolute atomic E-state index is 6.30. The lowest BCUT2D eigenvalue weighted by molar-refractivity contribution is 0.264. The van der Waals surface area contributed by atoms with Crippen LogP contribution in [-0.4, -0.2) is 25.0 Å². The number of aromatic nitrogens is 5. The Bertz CT molecular complexity index is 1450. The number of hydrogen-bond acceptors (Lipinski definition) is 6. The van der Waals surface area contributed by atoms with Crippen molar-refractivity contribution in [1.82, 2.24) is 25.0 Å². The molecule has 5 aromatic rings. The van der Waals surface area contributed by atoms with E-state index in [2.05, 4.69) is 86.5 Å². The van der Waals surface area contributed by atoms with Gasteiger partial charge < -0.3 is 9.15 Å². The quantitative estimate of drug-likeness (QED) is 0.226. The van der Waals surface area contributed by atoms with E-state index in [-0.39, 0.29) is 17.9 Å². The molecule has 0 saturated heterocycles. The number of nitrogens with zero attached hydrogens (tertiary/aromatic N) is 5. The van der Waals surface area contributed by atoms with Gasteiger partial charge in [0.2, 0.25) is 0 Å². The molecule has 0 fully saturated rings. The van der Waals surface area contributed by atoms with Gasteiger partial charge in [-0.1, -0.05) is 67.9 Å². The van der Waals surface area contributed by atoms with Gasteiger partial charge >= 0.3 is 0 Å². The third-order valence-electron chi connectivity index (χ3n) is 5.74. The largest absolute Gasteiger partial charge is 0.484 e.